The lowest BCUT2D eigenvalue weighted by Gasteiger charge is -2.31. The van der Waals surface area contributed by atoms with Crippen LogP contribution in [-0.4, -0.2) is 78.4 Å². The van der Waals surface area contributed by atoms with Crippen LogP contribution in [0.4, 0.5) is 4.79 Å². The molecule has 1 aromatic carbocycles. The number of fused-ring (bicyclic) bond motifs is 1. The number of nitrogens with zero attached hydrogens (tertiary/aromatic N) is 3. The van der Waals surface area contributed by atoms with E-state index in [1.165, 1.54) is 4.90 Å². The van der Waals surface area contributed by atoms with Gasteiger partial charge in [0.05, 0.1) is 12.5 Å². The molecule has 0 saturated carbocycles. The second-order valence-electron chi connectivity index (χ2n) is 7.55. The minimum atomic E-state index is -0.800. The molecule has 0 radical (unpaired) electrons. The van der Waals surface area contributed by atoms with E-state index in [9.17, 15) is 14.4 Å². The van der Waals surface area contributed by atoms with Gasteiger partial charge in [0.25, 0.3) is 5.91 Å². The van der Waals surface area contributed by atoms with Crippen LogP contribution >= 0.6 is 0 Å². The largest absolute Gasteiger partial charge is 0.491 e. The van der Waals surface area contributed by atoms with Crippen LogP contribution in [0.1, 0.15) is 25.3 Å². The Morgan fingerprint density at radius 3 is 2.75 bits per heavy atom. The van der Waals surface area contributed by atoms with E-state index in [2.05, 4.69) is 5.32 Å². The molecule has 0 aromatic heterocycles. The van der Waals surface area contributed by atoms with Crippen LogP contribution in [0.2, 0.25) is 0 Å². The molecule has 2 aliphatic heterocycles. The van der Waals surface area contributed by atoms with Crippen LogP contribution in [0, 0.1) is 0 Å². The van der Waals surface area contributed by atoms with E-state index >= 15 is 0 Å². The molecule has 2 unspecified atom stereocenters. The van der Waals surface area contributed by atoms with Gasteiger partial charge >= 0.3 is 6.03 Å². The number of hydrogen-bond acceptors (Lipinski definition) is 5. The Morgan fingerprint density at radius 1 is 1.29 bits per heavy atom. The predicted molar refractivity (Wildman–Crippen MR) is 104 cm³/mol. The Labute approximate surface area is 165 Å². The quantitative estimate of drug-likeness (QED) is 0.737. The van der Waals surface area contributed by atoms with E-state index in [0.717, 1.165) is 11.3 Å². The lowest BCUT2D eigenvalue weighted by atomic mass is 10.1. The molecule has 0 spiro atoms. The number of likely N-dealkylation sites (N-methyl/N-ethyl adjacent to an activating group) is 1. The number of imide groups is 1. The molecule has 28 heavy (non-hydrogen) atoms. The van der Waals surface area contributed by atoms with Crippen molar-refractivity contribution in [2.75, 3.05) is 33.8 Å². The summed E-state index contributed by atoms with van der Waals surface area (Å²) in [5.74, 6) is 0.293. The lowest BCUT2D eigenvalue weighted by Crippen LogP contribution is -2.49. The third-order valence-electron chi connectivity index (χ3n) is 5.01. The first-order valence-corrected chi connectivity index (χ1v) is 9.67. The molecule has 8 heteroatoms. The molecule has 8 nitrogen and oxygen atoms in total. The van der Waals surface area contributed by atoms with Gasteiger partial charge in [-0.3, -0.25) is 14.5 Å². The van der Waals surface area contributed by atoms with Gasteiger partial charge < -0.3 is 19.9 Å². The first kappa shape index (κ1) is 20.1. The maximum Gasteiger partial charge on any atom is 0.324 e. The van der Waals surface area contributed by atoms with Gasteiger partial charge in [0, 0.05) is 25.2 Å². The Bertz CT molecular complexity index is 751. The highest BCUT2D eigenvalue weighted by Gasteiger charge is 2.40. The normalized spacial score (nSPS) is 22.0. The molecule has 4 amide bonds. The average Bonchev–Trinajstić information content (AvgIpc) is 2.82. The molecule has 1 aromatic rings. The average molecular weight is 388 g/mol. The number of hydrogen-bond donors (Lipinski definition) is 1. The SMILES string of the molecule is CCCN1C(=O)NC(CC(=O)N2Cc3ccccc3OCC2CN(C)C)C1=O. The Morgan fingerprint density at radius 2 is 2.04 bits per heavy atom. The van der Waals surface area contributed by atoms with Crippen LogP contribution < -0.4 is 10.1 Å². The molecule has 2 aliphatic rings. The second kappa shape index (κ2) is 8.60. The fourth-order valence-corrected chi connectivity index (χ4v) is 3.67. The van der Waals surface area contributed by atoms with Gasteiger partial charge in [-0.05, 0) is 26.6 Å². The zero-order valence-corrected chi connectivity index (χ0v) is 16.7. The molecule has 1 fully saturated rings. The molecular weight excluding hydrogens is 360 g/mol. The van der Waals surface area contributed by atoms with Gasteiger partial charge in [-0.15, -0.1) is 0 Å². The maximum absolute atomic E-state index is 13.2. The second-order valence-corrected chi connectivity index (χ2v) is 7.55. The minimum absolute atomic E-state index is 0.0448. The number of nitrogens with one attached hydrogen (secondary N) is 1. The summed E-state index contributed by atoms with van der Waals surface area (Å²) in [6, 6.07) is 6.31. The van der Waals surface area contributed by atoms with Crippen LogP contribution in [0.25, 0.3) is 0 Å². The summed E-state index contributed by atoms with van der Waals surface area (Å²) in [5.41, 5.74) is 0.937. The van der Waals surface area contributed by atoms with Crippen molar-refractivity contribution in [3.63, 3.8) is 0 Å². The van der Waals surface area contributed by atoms with Crippen molar-refractivity contribution in [2.45, 2.75) is 38.4 Å². The molecule has 152 valence electrons. The van der Waals surface area contributed by atoms with E-state index in [-0.39, 0.29) is 24.3 Å². The van der Waals surface area contributed by atoms with Crippen molar-refractivity contribution in [1.82, 2.24) is 20.0 Å². The van der Waals surface area contributed by atoms with Crippen LogP contribution in [0.15, 0.2) is 24.3 Å². The van der Waals surface area contributed by atoms with E-state index in [0.29, 0.717) is 32.7 Å². The number of benzene rings is 1. The molecule has 2 heterocycles. The van der Waals surface area contributed by atoms with E-state index < -0.39 is 12.1 Å². The van der Waals surface area contributed by atoms with Gasteiger partial charge in [-0.1, -0.05) is 25.1 Å². The van der Waals surface area contributed by atoms with Gasteiger partial charge in [-0.2, -0.15) is 0 Å². The summed E-state index contributed by atoms with van der Waals surface area (Å²) in [6.45, 7) is 3.71. The Kier molecular flexibility index (Phi) is 6.18. The van der Waals surface area contributed by atoms with Crippen LogP contribution in [-0.2, 0) is 16.1 Å². The summed E-state index contributed by atoms with van der Waals surface area (Å²) in [5, 5.41) is 2.65. The fourth-order valence-electron chi connectivity index (χ4n) is 3.67. The molecular formula is C20H28N4O4. The zero-order valence-electron chi connectivity index (χ0n) is 16.7. The third kappa shape index (κ3) is 4.27. The van der Waals surface area contributed by atoms with Crippen LogP contribution in [0.5, 0.6) is 5.75 Å². The molecule has 0 bridgehead atoms. The van der Waals surface area contributed by atoms with Crippen molar-refractivity contribution in [3.05, 3.63) is 29.8 Å². The highest BCUT2D eigenvalue weighted by atomic mass is 16.5. The van der Waals surface area contributed by atoms with E-state index in [4.69, 9.17) is 4.74 Å². The summed E-state index contributed by atoms with van der Waals surface area (Å²) in [4.78, 5) is 42.6. The first-order valence-electron chi connectivity index (χ1n) is 9.67. The molecule has 0 aliphatic carbocycles. The fraction of sp³-hybridized carbons (Fsp3) is 0.550. The summed E-state index contributed by atoms with van der Waals surface area (Å²) in [7, 11) is 3.90. The number of ether oxygens (including phenoxy) is 1. The summed E-state index contributed by atoms with van der Waals surface area (Å²) < 4.78 is 5.93. The van der Waals surface area contributed by atoms with Crippen molar-refractivity contribution in [1.29, 1.82) is 0 Å². The Balaban J connectivity index is 1.77. The zero-order chi connectivity index (χ0) is 20.3. The van der Waals surface area contributed by atoms with Crippen LogP contribution in [0.3, 0.4) is 0 Å². The number of carbonyl (C=O) groups excluding carboxylic acids is 3. The van der Waals surface area contributed by atoms with E-state index in [1.54, 1.807) is 4.90 Å². The molecule has 2 atom stereocenters. The third-order valence-corrected chi connectivity index (χ3v) is 5.01. The van der Waals surface area contributed by atoms with Gasteiger partial charge in [0.2, 0.25) is 5.91 Å². The number of urea groups is 1. The number of para-hydroxylation sites is 1. The maximum atomic E-state index is 13.2. The number of amides is 4. The lowest BCUT2D eigenvalue weighted by molar-refractivity contribution is -0.138. The molecule has 1 N–H and O–H groups in total. The van der Waals surface area contributed by atoms with Gasteiger partial charge in [-0.25, -0.2) is 4.79 Å². The summed E-state index contributed by atoms with van der Waals surface area (Å²) in [6.07, 6.45) is 0.641. The van der Waals surface area contributed by atoms with Crippen molar-refractivity contribution in [2.24, 2.45) is 0 Å². The van der Waals surface area contributed by atoms with Crippen molar-refractivity contribution in [3.8, 4) is 5.75 Å². The van der Waals surface area contributed by atoms with Crippen molar-refractivity contribution >= 4 is 17.8 Å². The topological polar surface area (TPSA) is 82.2 Å². The minimum Gasteiger partial charge on any atom is -0.491 e. The molecule has 1 saturated heterocycles. The Hall–Kier alpha value is -2.61. The highest BCUT2D eigenvalue weighted by molar-refractivity contribution is 6.05. The van der Waals surface area contributed by atoms with Crippen molar-refractivity contribution < 1.29 is 19.1 Å². The first-order chi connectivity index (χ1) is 13.4. The highest BCUT2D eigenvalue weighted by Crippen LogP contribution is 2.26. The van der Waals surface area contributed by atoms with Gasteiger partial charge in [0.15, 0.2) is 0 Å². The smallest absolute Gasteiger partial charge is 0.324 e. The summed E-state index contributed by atoms with van der Waals surface area (Å²) >= 11 is 0. The van der Waals surface area contributed by atoms with E-state index in [1.807, 2.05) is 50.2 Å². The standard InChI is InChI=1S/C20H28N4O4/c1-4-9-23-19(26)16(21-20(23)27)10-18(25)24-11-14-7-5-6-8-17(14)28-13-15(24)12-22(2)3/h5-8,15-16H,4,9-13H2,1-3H3,(H,21,27). The molecule has 3 rings (SSSR count). The van der Waals surface area contributed by atoms with Gasteiger partial charge in [0.1, 0.15) is 18.4 Å². The number of carbonyl (C=O) groups is 3. The monoisotopic (exact) mass is 388 g/mol. The number of rotatable bonds is 6. The predicted octanol–water partition coefficient (Wildman–Crippen LogP) is 1.06.